The fourth-order valence-corrected chi connectivity index (χ4v) is 4.11. The van der Waals surface area contributed by atoms with Gasteiger partial charge in [0.2, 0.25) is 11.7 Å². The summed E-state index contributed by atoms with van der Waals surface area (Å²) in [6.07, 6.45) is 0.318. The largest absolute Gasteiger partial charge is 0.337 e. The molecule has 1 saturated heterocycles. The number of hydrogen-bond acceptors (Lipinski definition) is 5. The van der Waals surface area contributed by atoms with Crippen LogP contribution in [0.25, 0.3) is 11.4 Å². The topological polar surface area (TPSA) is 88.3 Å². The van der Waals surface area contributed by atoms with Gasteiger partial charge in [0.05, 0.1) is 0 Å². The molecule has 2 heterocycles. The third-order valence-corrected chi connectivity index (χ3v) is 5.87. The first kappa shape index (κ1) is 20.9. The Balaban J connectivity index is 1.44. The molecule has 4 aromatic rings. The molecule has 0 aliphatic carbocycles. The number of carbonyl (C=O) groups is 2. The Morgan fingerprint density at radius 2 is 1.58 bits per heavy atom. The lowest BCUT2D eigenvalue weighted by Crippen LogP contribution is -2.46. The number of benzene rings is 3. The van der Waals surface area contributed by atoms with E-state index in [-0.39, 0.29) is 18.3 Å². The Hall–Kier alpha value is -3.97. The summed E-state index contributed by atoms with van der Waals surface area (Å²) in [6, 6.07) is 25.3. The van der Waals surface area contributed by atoms with Crippen LogP contribution in [0.4, 0.5) is 4.79 Å². The van der Waals surface area contributed by atoms with Crippen molar-refractivity contribution in [2.45, 2.75) is 18.5 Å². The number of hydrogen-bond donors (Lipinski definition) is 1. The minimum absolute atomic E-state index is 0.130. The van der Waals surface area contributed by atoms with Gasteiger partial charge in [-0.2, -0.15) is 4.98 Å². The summed E-state index contributed by atoms with van der Waals surface area (Å²) >= 11 is 5.93. The van der Waals surface area contributed by atoms with Crippen molar-refractivity contribution in [3.63, 3.8) is 0 Å². The van der Waals surface area contributed by atoms with Crippen LogP contribution in [0.1, 0.15) is 17.0 Å². The standard InChI is InChI=1S/C25H19ClN4O3/c26-20-13-11-18(12-14-20)22-27-21(33-29-22)16-30-23(31)25(28-24(30)32,19-9-5-2-6-10-19)15-17-7-3-1-4-8-17/h1-14H,15-16H2,(H,28,32)/t25-/m0/s1. The minimum atomic E-state index is -1.22. The fourth-order valence-electron chi connectivity index (χ4n) is 3.98. The first-order chi connectivity index (χ1) is 16.0. The molecule has 164 valence electrons. The molecule has 0 saturated carbocycles. The average Bonchev–Trinajstić information content (AvgIpc) is 3.40. The summed E-state index contributed by atoms with van der Waals surface area (Å²) in [7, 11) is 0. The molecule has 8 heteroatoms. The van der Waals surface area contributed by atoms with Crippen LogP contribution in [0.2, 0.25) is 5.02 Å². The van der Waals surface area contributed by atoms with E-state index in [0.717, 1.165) is 10.5 Å². The molecule has 5 rings (SSSR count). The van der Waals surface area contributed by atoms with Gasteiger partial charge in [-0.25, -0.2) is 4.79 Å². The number of urea groups is 1. The first-order valence-electron chi connectivity index (χ1n) is 10.4. The molecule has 1 aliphatic rings. The Morgan fingerprint density at radius 3 is 2.27 bits per heavy atom. The van der Waals surface area contributed by atoms with Crippen molar-refractivity contribution in [1.29, 1.82) is 0 Å². The van der Waals surface area contributed by atoms with Gasteiger partial charge in [-0.05, 0) is 35.4 Å². The van der Waals surface area contributed by atoms with Crippen LogP contribution in [0, 0.1) is 0 Å². The highest BCUT2D eigenvalue weighted by molar-refractivity contribution is 6.30. The molecule has 7 nitrogen and oxygen atoms in total. The zero-order valence-corrected chi connectivity index (χ0v) is 18.2. The lowest BCUT2D eigenvalue weighted by atomic mass is 9.83. The molecule has 1 N–H and O–H groups in total. The Bertz CT molecular complexity index is 1290. The number of halogens is 1. The smallest absolute Gasteiger partial charge is 0.325 e. The van der Waals surface area contributed by atoms with E-state index in [1.807, 2.05) is 60.7 Å². The monoisotopic (exact) mass is 458 g/mol. The summed E-state index contributed by atoms with van der Waals surface area (Å²) < 4.78 is 5.33. The van der Waals surface area contributed by atoms with Gasteiger partial charge in [-0.1, -0.05) is 77.4 Å². The molecule has 1 atom stereocenters. The summed E-state index contributed by atoms with van der Waals surface area (Å²) in [4.78, 5) is 32.1. The Morgan fingerprint density at radius 1 is 0.909 bits per heavy atom. The van der Waals surface area contributed by atoms with Gasteiger partial charge in [0.15, 0.2) is 5.54 Å². The van der Waals surface area contributed by atoms with E-state index in [4.69, 9.17) is 16.1 Å². The normalized spacial score (nSPS) is 17.9. The van der Waals surface area contributed by atoms with Gasteiger partial charge in [0.1, 0.15) is 6.54 Å². The van der Waals surface area contributed by atoms with E-state index in [1.165, 1.54) is 0 Å². The number of rotatable bonds is 6. The van der Waals surface area contributed by atoms with Crippen LogP contribution < -0.4 is 5.32 Å². The van der Waals surface area contributed by atoms with Gasteiger partial charge < -0.3 is 9.84 Å². The second-order valence-electron chi connectivity index (χ2n) is 7.77. The van der Waals surface area contributed by atoms with E-state index in [9.17, 15) is 9.59 Å². The molecule has 0 spiro atoms. The molecule has 1 fully saturated rings. The summed E-state index contributed by atoms with van der Waals surface area (Å²) in [5, 5.41) is 7.50. The highest BCUT2D eigenvalue weighted by Gasteiger charge is 2.52. The fraction of sp³-hybridized carbons (Fsp3) is 0.120. The van der Waals surface area contributed by atoms with Crippen molar-refractivity contribution in [3.05, 3.63) is 107 Å². The zero-order valence-electron chi connectivity index (χ0n) is 17.4. The molecule has 3 aromatic carbocycles. The molecule has 0 bridgehead atoms. The lowest BCUT2D eigenvalue weighted by Gasteiger charge is -2.27. The highest BCUT2D eigenvalue weighted by atomic mass is 35.5. The molecule has 1 aromatic heterocycles. The first-order valence-corrected chi connectivity index (χ1v) is 10.7. The summed E-state index contributed by atoms with van der Waals surface area (Å²) in [5.74, 6) is 0.146. The number of nitrogens with one attached hydrogen (secondary N) is 1. The Labute approximate surface area is 195 Å². The number of carbonyl (C=O) groups excluding carboxylic acids is 2. The molecule has 33 heavy (non-hydrogen) atoms. The number of aromatic nitrogens is 2. The van der Waals surface area contributed by atoms with Crippen LogP contribution in [0.5, 0.6) is 0 Å². The van der Waals surface area contributed by atoms with Crippen molar-refractivity contribution < 1.29 is 14.1 Å². The second-order valence-corrected chi connectivity index (χ2v) is 8.21. The lowest BCUT2D eigenvalue weighted by molar-refractivity contribution is -0.132. The summed E-state index contributed by atoms with van der Waals surface area (Å²) in [6.45, 7) is -0.130. The molecular weight excluding hydrogens is 440 g/mol. The van der Waals surface area contributed by atoms with Crippen LogP contribution in [-0.2, 0) is 23.3 Å². The van der Waals surface area contributed by atoms with E-state index >= 15 is 0 Å². The van der Waals surface area contributed by atoms with Gasteiger partial charge in [-0.3, -0.25) is 9.69 Å². The predicted octanol–water partition coefficient (Wildman–Crippen LogP) is 4.58. The number of imide groups is 1. The molecule has 0 unspecified atom stereocenters. The predicted molar refractivity (Wildman–Crippen MR) is 122 cm³/mol. The van der Waals surface area contributed by atoms with Crippen LogP contribution in [0.3, 0.4) is 0 Å². The molecule has 1 aliphatic heterocycles. The maximum absolute atomic E-state index is 13.7. The maximum atomic E-state index is 13.7. The molecule has 0 radical (unpaired) electrons. The van der Waals surface area contributed by atoms with Crippen LogP contribution >= 0.6 is 11.6 Å². The second kappa shape index (κ2) is 8.52. The maximum Gasteiger partial charge on any atom is 0.325 e. The summed E-state index contributed by atoms with van der Waals surface area (Å²) in [5.41, 5.74) is 1.13. The number of nitrogens with zero attached hydrogens (tertiary/aromatic N) is 3. The molecular formula is C25H19ClN4O3. The Kier molecular flexibility index (Phi) is 5.40. The van der Waals surface area contributed by atoms with Crippen molar-refractivity contribution >= 4 is 23.5 Å². The SMILES string of the molecule is O=C1N[C@@](Cc2ccccc2)(c2ccccc2)C(=O)N1Cc1nc(-c2ccc(Cl)cc2)no1. The van der Waals surface area contributed by atoms with E-state index in [0.29, 0.717) is 28.4 Å². The number of amides is 3. The zero-order chi connectivity index (χ0) is 22.8. The van der Waals surface area contributed by atoms with Crippen LogP contribution in [-0.4, -0.2) is 27.0 Å². The van der Waals surface area contributed by atoms with Crippen molar-refractivity contribution in [2.24, 2.45) is 0 Å². The highest BCUT2D eigenvalue weighted by Crippen LogP contribution is 2.33. The minimum Gasteiger partial charge on any atom is -0.337 e. The third-order valence-electron chi connectivity index (χ3n) is 5.62. The quantitative estimate of drug-likeness (QED) is 0.427. The van der Waals surface area contributed by atoms with Gasteiger partial charge in [0, 0.05) is 17.0 Å². The van der Waals surface area contributed by atoms with Gasteiger partial charge in [0.25, 0.3) is 5.91 Å². The van der Waals surface area contributed by atoms with E-state index in [1.54, 1.807) is 24.3 Å². The average molecular weight is 459 g/mol. The van der Waals surface area contributed by atoms with Crippen LogP contribution in [0.15, 0.2) is 89.5 Å². The van der Waals surface area contributed by atoms with Gasteiger partial charge >= 0.3 is 6.03 Å². The van der Waals surface area contributed by atoms with E-state index in [2.05, 4.69) is 15.5 Å². The molecule has 3 amide bonds. The van der Waals surface area contributed by atoms with Crippen molar-refractivity contribution in [2.75, 3.05) is 0 Å². The van der Waals surface area contributed by atoms with Crippen molar-refractivity contribution in [1.82, 2.24) is 20.4 Å². The van der Waals surface area contributed by atoms with Gasteiger partial charge in [-0.15, -0.1) is 0 Å². The van der Waals surface area contributed by atoms with E-state index < -0.39 is 11.6 Å². The third kappa shape index (κ3) is 3.99. The van der Waals surface area contributed by atoms with Crippen molar-refractivity contribution in [3.8, 4) is 11.4 Å².